The van der Waals surface area contributed by atoms with E-state index < -0.39 is 0 Å². The summed E-state index contributed by atoms with van der Waals surface area (Å²) < 4.78 is 11.7. The van der Waals surface area contributed by atoms with Gasteiger partial charge in [-0.25, -0.2) is 4.98 Å². The number of methoxy groups -OCH3 is 1. The van der Waals surface area contributed by atoms with Gasteiger partial charge in [0, 0.05) is 36.8 Å². The third-order valence-corrected chi connectivity index (χ3v) is 6.42. The molecule has 4 rings (SSSR count). The van der Waals surface area contributed by atoms with Gasteiger partial charge >= 0.3 is 0 Å². The molecule has 0 spiro atoms. The van der Waals surface area contributed by atoms with E-state index in [1.807, 2.05) is 37.3 Å². The number of anilines is 1. The molecule has 0 aliphatic carbocycles. The molecule has 0 unspecified atom stereocenters. The van der Waals surface area contributed by atoms with Crippen LogP contribution in [0.1, 0.15) is 15.9 Å². The van der Waals surface area contributed by atoms with Gasteiger partial charge in [-0.05, 0) is 42.8 Å². The number of halogens is 2. The molecule has 31 heavy (non-hydrogen) atoms. The monoisotopic (exact) mass is 481 g/mol. The predicted octanol–water partition coefficient (Wildman–Crippen LogP) is 4.67. The SMILES string of the molecule is COc1cccc(C(=O)N(CCN2CCOCC2)c2nc3c(C)cc(Cl)cc3s2)c1.Cl. The zero-order valence-corrected chi connectivity index (χ0v) is 19.9. The number of aryl methyl sites for hydroxylation is 1. The molecule has 2 aromatic carbocycles. The molecule has 1 saturated heterocycles. The number of benzene rings is 2. The largest absolute Gasteiger partial charge is 0.497 e. The third-order valence-electron chi connectivity index (χ3n) is 5.18. The summed E-state index contributed by atoms with van der Waals surface area (Å²) in [7, 11) is 1.60. The normalized spacial score (nSPS) is 14.3. The molecule has 0 N–H and O–H groups in total. The van der Waals surface area contributed by atoms with Gasteiger partial charge in [-0.15, -0.1) is 12.4 Å². The Kier molecular flexibility index (Phi) is 8.13. The molecule has 3 aromatic rings. The predicted molar refractivity (Wildman–Crippen MR) is 129 cm³/mol. The molecule has 1 fully saturated rings. The molecule has 9 heteroatoms. The van der Waals surface area contributed by atoms with Crippen LogP contribution in [0.25, 0.3) is 10.2 Å². The van der Waals surface area contributed by atoms with E-state index in [0.29, 0.717) is 28.0 Å². The van der Waals surface area contributed by atoms with Crippen LogP contribution in [-0.4, -0.2) is 62.3 Å². The first kappa shape index (κ1) is 23.8. The van der Waals surface area contributed by atoms with Crippen molar-refractivity contribution in [1.82, 2.24) is 9.88 Å². The Bertz CT molecular complexity index is 1050. The standard InChI is InChI=1S/C22H24ClN3O3S.ClH/c1-15-12-17(23)14-19-20(15)24-22(30-19)26(7-6-25-8-10-29-11-9-25)21(27)16-4-3-5-18(13-16)28-2;/h3-5,12-14H,6-11H2,1-2H3;1H. The highest BCUT2D eigenvalue weighted by Gasteiger charge is 2.23. The molecule has 2 heterocycles. The van der Waals surface area contributed by atoms with Crippen molar-refractivity contribution in [3.8, 4) is 5.75 Å². The van der Waals surface area contributed by atoms with Crippen molar-refractivity contribution in [3.05, 3.63) is 52.5 Å². The maximum atomic E-state index is 13.5. The van der Waals surface area contributed by atoms with Crippen LogP contribution in [0.5, 0.6) is 5.75 Å². The Morgan fingerprint density at radius 2 is 2.06 bits per heavy atom. The maximum absolute atomic E-state index is 13.5. The van der Waals surface area contributed by atoms with Gasteiger partial charge < -0.3 is 9.47 Å². The molecule has 1 amide bonds. The lowest BCUT2D eigenvalue weighted by molar-refractivity contribution is 0.0391. The van der Waals surface area contributed by atoms with E-state index in [-0.39, 0.29) is 18.3 Å². The van der Waals surface area contributed by atoms with Gasteiger partial charge in [0.05, 0.1) is 30.5 Å². The molecule has 0 atom stereocenters. The summed E-state index contributed by atoms with van der Waals surface area (Å²) in [5.41, 5.74) is 2.46. The van der Waals surface area contributed by atoms with Crippen LogP contribution in [0.4, 0.5) is 5.13 Å². The van der Waals surface area contributed by atoms with Crippen LogP contribution in [0.3, 0.4) is 0 Å². The minimum Gasteiger partial charge on any atom is -0.497 e. The first-order valence-corrected chi connectivity index (χ1v) is 11.1. The molecule has 0 bridgehead atoms. The number of carbonyl (C=O) groups excluding carboxylic acids is 1. The van der Waals surface area contributed by atoms with Crippen molar-refractivity contribution in [2.75, 3.05) is 51.4 Å². The van der Waals surface area contributed by atoms with Gasteiger partial charge in [0.2, 0.25) is 0 Å². The van der Waals surface area contributed by atoms with E-state index in [1.165, 1.54) is 11.3 Å². The molecule has 1 aliphatic heterocycles. The molecule has 1 aromatic heterocycles. The number of hydrogen-bond acceptors (Lipinski definition) is 6. The van der Waals surface area contributed by atoms with Gasteiger partial charge in [0.1, 0.15) is 5.75 Å². The number of hydrogen-bond donors (Lipinski definition) is 0. The summed E-state index contributed by atoms with van der Waals surface area (Å²) in [6.45, 7) is 6.48. The summed E-state index contributed by atoms with van der Waals surface area (Å²) in [4.78, 5) is 22.4. The van der Waals surface area contributed by atoms with Crippen molar-refractivity contribution in [2.24, 2.45) is 0 Å². The van der Waals surface area contributed by atoms with E-state index in [9.17, 15) is 4.79 Å². The highest BCUT2D eigenvalue weighted by atomic mass is 35.5. The van der Waals surface area contributed by atoms with Crippen molar-refractivity contribution in [2.45, 2.75) is 6.92 Å². The number of ether oxygens (including phenoxy) is 2. The number of carbonyl (C=O) groups is 1. The first-order chi connectivity index (χ1) is 14.5. The van der Waals surface area contributed by atoms with E-state index in [0.717, 1.165) is 48.6 Å². The second kappa shape index (κ2) is 10.6. The minimum absolute atomic E-state index is 0. The number of thiazole rings is 1. The molecular formula is C22H25Cl2N3O3S. The lowest BCUT2D eigenvalue weighted by atomic mass is 10.2. The van der Waals surface area contributed by atoms with Crippen LogP contribution in [0.2, 0.25) is 5.02 Å². The third kappa shape index (κ3) is 5.48. The fourth-order valence-electron chi connectivity index (χ4n) is 3.52. The van der Waals surface area contributed by atoms with Gasteiger partial charge in [-0.3, -0.25) is 14.6 Å². The molecule has 0 radical (unpaired) electrons. The Labute approximate surface area is 197 Å². The molecule has 166 valence electrons. The zero-order chi connectivity index (χ0) is 21.1. The lowest BCUT2D eigenvalue weighted by Gasteiger charge is -2.29. The van der Waals surface area contributed by atoms with Crippen molar-refractivity contribution < 1.29 is 14.3 Å². The van der Waals surface area contributed by atoms with Crippen LogP contribution in [-0.2, 0) is 4.74 Å². The zero-order valence-electron chi connectivity index (χ0n) is 17.5. The Balaban J connectivity index is 0.00000272. The molecular weight excluding hydrogens is 457 g/mol. The van der Waals surface area contributed by atoms with Gasteiger partial charge in [-0.2, -0.15) is 0 Å². The molecule has 1 aliphatic rings. The van der Waals surface area contributed by atoms with E-state index in [1.54, 1.807) is 18.1 Å². The summed E-state index contributed by atoms with van der Waals surface area (Å²) in [6, 6.07) is 11.0. The van der Waals surface area contributed by atoms with E-state index in [2.05, 4.69) is 4.90 Å². The van der Waals surface area contributed by atoms with Crippen molar-refractivity contribution >= 4 is 56.6 Å². The number of nitrogens with zero attached hydrogens (tertiary/aromatic N) is 3. The highest BCUT2D eigenvalue weighted by molar-refractivity contribution is 7.22. The molecule has 0 saturated carbocycles. The van der Waals surface area contributed by atoms with Crippen LogP contribution in [0.15, 0.2) is 36.4 Å². The average Bonchev–Trinajstić information content (AvgIpc) is 3.18. The Morgan fingerprint density at radius 1 is 1.29 bits per heavy atom. The summed E-state index contributed by atoms with van der Waals surface area (Å²) in [6.07, 6.45) is 0. The second-order valence-electron chi connectivity index (χ2n) is 7.21. The van der Waals surface area contributed by atoms with Gasteiger partial charge in [0.15, 0.2) is 5.13 Å². The number of morpholine rings is 1. The maximum Gasteiger partial charge on any atom is 0.260 e. The second-order valence-corrected chi connectivity index (χ2v) is 8.65. The van der Waals surface area contributed by atoms with Crippen molar-refractivity contribution in [3.63, 3.8) is 0 Å². The van der Waals surface area contributed by atoms with Crippen LogP contribution >= 0.6 is 35.3 Å². The summed E-state index contributed by atoms with van der Waals surface area (Å²) in [5.74, 6) is 0.561. The van der Waals surface area contributed by atoms with E-state index in [4.69, 9.17) is 26.1 Å². The molecule has 6 nitrogen and oxygen atoms in total. The number of aromatic nitrogens is 1. The summed E-state index contributed by atoms with van der Waals surface area (Å²) in [5, 5.41) is 1.35. The Hall–Kier alpha value is -1.90. The summed E-state index contributed by atoms with van der Waals surface area (Å²) >= 11 is 7.72. The minimum atomic E-state index is -0.0926. The quantitative estimate of drug-likeness (QED) is 0.511. The lowest BCUT2D eigenvalue weighted by Crippen LogP contribution is -2.43. The first-order valence-electron chi connectivity index (χ1n) is 9.88. The number of fused-ring (bicyclic) bond motifs is 1. The van der Waals surface area contributed by atoms with Gasteiger partial charge in [0.25, 0.3) is 5.91 Å². The van der Waals surface area contributed by atoms with Crippen LogP contribution < -0.4 is 9.64 Å². The van der Waals surface area contributed by atoms with E-state index >= 15 is 0 Å². The smallest absolute Gasteiger partial charge is 0.260 e. The highest BCUT2D eigenvalue weighted by Crippen LogP contribution is 2.33. The topological polar surface area (TPSA) is 54.9 Å². The number of rotatable bonds is 6. The fraction of sp³-hybridized carbons (Fsp3) is 0.364. The van der Waals surface area contributed by atoms with Crippen LogP contribution in [0, 0.1) is 6.92 Å². The fourth-order valence-corrected chi connectivity index (χ4v) is 4.96. The number of amides is 1. The Morgan fingerprint density at radius 3 is 2.81 bits per heavy atom. The van der Waals surface area contributed by atoms with Crippen molar-refractivity contribution in [1.29, 1.82) is 0 Å². The average molecular weight is 482 g/mol. The van der Waals surface area contributed by atoms with Gasteiger partial charge in [-0.1, -0.05) is 29.0 Å².